The van der Waals surface area contributed by atoms with Gasteiger partial charge in [-0.2, -0.15) is 17.6 Å². The number of hydrogen-bond acceptors (Lipinski definition) is 8. The molecule has 632 valence electrons. The van der Waals surface area contributed by atoms with E-state index in [0.29, 0.717) is 57.9 Å². The summed E-state index contributed by atoms with van der Waals surface area (Å²) in [7, 11) is 0. The van der Waals surface area contributed by atoms with Crippen molar-refractivity contribution in [3.05, 3.63) is 234 Å². The second-order valence-electron chi connectivity index (χ2n) is 32.5. The topological polar surface area (TPSA) is 73.8 Å². The number of ether oxygens (including phenoxy) is 8. The maximum Gasteiger partial charge on any atom is 0.322 e. The van der Waals surface area contributed by atoms with Gasteiger partial charge in [0.05, 0.1) is 47.5 Å². The van der Waals surface area contributed by atoms with Crippen LogP contribution in [0.1, 0.15) is 216 Å². The van der Waals surface area contributed by atoms with E-state index in [1.54, 1.807) is 77.9 Å². The lowest BCUT2D eigenvalue weighted by molar-refractivity contribution is -0.245. The fourth-order valence-electron chi connectivity index (χ4n) is 14.8. The monoisotopic (exact) mass is 1640 g/mol. The van der Waals surface area contributed by atoms with Gasteiger partial charge >= 0.3 is 11.8 Å². The molecule has 8 nitrogen and oxygen atoms in total. The van der Waals surface area contributed by atoms with Crippen LogP contribution in [0.5, 0.6) is 46.0 Å². The van der Waals surface area contributed by atoms with E-state index in [9.17, 15) is 70.2 Å². The van der Waals surface area contributed by atoms with E-state index in [-0.39, 0.29) is 58.0 Å². The zero-order valence-corrected chi connectivity index (χ0v) is 69.1. The Morgan fingerprint density at radius 3 is 1.39 bits per heavy atom. The first-order chi connectivity index (χ1) is 53.7. The molecule has 0 aliphatic carbocycles. The fraction of sp³-hybridized carbons (Fsp3) is 0.478. The molecule has 8 aliphatic heterocycles. The molecule has 0 N–H and O–H groups in total. The van der Waals surface area contributed by atoms with Gasteiger partial charge < -0.3 is 37.9 Å². The number of rotatable bonds is 0. The quantitative estimate of drug-likeness (QED) is 0.139. The molecule has 0 saturated heterocycles. The summed E-state index contributed by atoms with van der Waals surface area (Å²) in [6.45, 7) is 33.3. The SMILES string of the molecule is Cc1cc(F)c2c(c1)C(F)(F)CC(C)O2.Cc1cc(F)c2c(c1)CC(F)(F)C(C)O2.Cc1cc(F)c2c(c1)CCC(C)(F)O2.Cc1cc(F)c2c(c1)CCC(C)O2.Cc1ccc2c(c1)C(C)C(F)(F)C(C)(F)O2.Cc1ccc2c(c1)C(C)C(F)(F)C(C)O2.Cc1ccc2c(c1)C(C)CC(C)O2.Cc1ccc2c(c1)C(F)(F)C(C)C(C)O2. The van der Waals surface area contributed by atoms with Crippen LogP contribution >= 0.6 is 0 Å². The fourth-order valence-corrected chi connectivity index (χ4v) is 14.8. The summed E-state index contributed by atoms with van der Waals surface area (Å²) in [5, 5.41) is 0. The number of hydrogen-bond donors (Lipinski definition) is 0. The van der Waals surface area contributed by atoms with Gasteiger partial charge in [0.25, 0.3) is 23.7 Å². The average Bonchev–Trinajstić information content (AvgIpc) is 0.750. The smallest absolute Gasteiger partial charge is 0.322 e. The minimum Gasteiger partial charge on any atom is -0.490 e. The molecule has 24 heteroatoms. The highest BCUT2D eigenvalue weighted by atomic mass is 19.3. The number of aryl methyl sites for hydroxylation is 10. The van der Waals surface area contributed by atoms with E-state index < -0.39 is 114 Å². The number of alkyl halides is 12. The van der Waals surface area contributed by atoms with E-state index in [0.717, 1.165) is 70.9 Å². The Morgan fingerprint density at radius 1 is 0.371 bits per heavy atom. The highest BCUT2D eigenvalue weighted by Crippen LogP contribution is 2.53. The van der Waals surface area contributed by atoms with Gasteiger partial charge in [0, 0.05) is 43.4 Å². The normalized spacial score (nSPS) is 26.0. The third-order valence-electron chi connectivity index (χ3n) is 21.8. The lowest BCUT2D eigenvalue weighted by Gasteiger charge is -2.40. The van der Waals surface area contributed by atoms with Crippen LogP contribution in [-0.2, 0) is 31.1 Å². The molecule has 12 atom stereocenters. The number of fused-ring (bicyclic) bond motifs is 8. The lowest BCUT2D eigenvalue weighted by atomic mass is 9.86. The minimum atomic E-state index is -3.52. The molecule has 0 bridgehead atoms. The highest BCUT2D eigenvalue weighted by molar-refractivity contribution is 5.48. The van der Waals surface area contributed by atoms with Gasteiger partial charge in [-0.25, -0.2) is 52.7 Å². The Hall–Kier alpha value is -8.96. The summed E-state index contributed by atoms with van der Waals surface area (Å²) in [4.78, 5) is 0. The van der Waals surface area contributed by atoms with E-state index in [4.69, 9.17) is 37.9 Å². The summed E-state index contributed by atoms with van der Waals surface area (Å²) < 4.78 is 259. The summed E-state index contributed by atoms with van der Waals surface area (Å²) in [6.07, 6.45) is 0.0655. The third kappa shape index (κ3) is 20.9. The molecule has 8 aliphatic rings. The molecule has 8 heterocycles. The van der Waals surface area contributed by atoms with Gasteiger partial charge in [0.1, 0.15) is 35.2 Å². The second kappa shape index (κ2) is 35.3. The molecule has 8 aromatic rings. The largest absolute Gasteiger partial charge is 0.490 e. The summed E-state index contributed by atoms with van der Waals surface area (Å²) in [5.74, 6) is -21.4. The zero-order chi connectivity index (χ0) is 86.2. The van der Waals surface area contributed by atoms with Crippen molar-refractivity contribution >= 4 is 0 Å². The summed E-state index contributed by atoms with van der Waals surface area (Å²) >= 11 is 0. The number of halogens is 16. The molecule has 116 heavy (non-hydrogen) atoms. The standard InChI is InChI=1S/C12H13F3O.2C12H14F2O.C12H16O.2C11H11F3O.C11H12F2O.C11H13FO/c1-7-4-5-10-9(6-7)8(2)12(14,15)11(3,13)16-10;1-7-4-5-11-10(6-7)8(2)12(13,14)9(3)15-11;1-7-4-5-11-10(6-7)12(13,14)8(2)9(3)15-11;1-8-4-5-12-11(6-8)9(2)7-10(3)13-12;1-6-3-8-5-11(13,14)7(2)15-10(8)9(12)4-6;1-6-3-8-10(9(12)4-6)15-7(2)5-11(8,13)14;1-7-5-8-3-4-11(2,13)14-10(8)9(12)6-7;1-7-5-9-4-3-8(2)13-11(9)10(12)6-7/h4-6,8H,1-3H3;2*4-6,8-9H,1-3H3;4-6,9-10H,7H2,1-3H3;2*3-4,7H,5H2,1-2H3;5-6H,3-4H2,1-2H3;5-6,8H,3-4H2,1-2H3. The van der Waals surface area contributed by atoms with Crippen LogP contribution in [0.15, 0.2) is 121 Å². The van der Waals surface area contributed by atoms with Crippen molar-refractivity contribution in [1.29, 1.82) is 0 Å². The summed E-state index contributed by atoms with van der Waals surface area (Å²) in [6, 6.07) is 33.7. The van der Waals surface area contributed by atoms with E-state index in [1.807, 2.05) is 45.9 Å². The first kappa shape index (κ1) is 90.9. The van der Waals surface area contributed by atoms with Gasteiger partial charge in [-0.1, -0.05) is 111 Å². The maximum atomic E-state index is 13.9. The Bertz CT molecular complexity index is 4810. The van der Waals surface area contributed by atoms with Crippen LogP contribution in [0.2, 0.25) is 0 Å². The van der Waals surface area contributed by atoms with E-state index in [2.05, 4.69) is 39.0 Å². The van der Waals surface area contributed by atoms with Crippen molar-refractivity contribution in [2.45, 2.75) is 279 Å². The lowest BCUT2D eigenvalue weighted by Crippen LogP contribution is -2.52. The molecule has 0 fully saturated rings. The first-order valence-corrected chi connectivity index (χ1v) is 39.0. The van der Waals surface area contributed by atoms with Crippen molar-refractivity contribution in [3.63, 3.8) is 0 Å². The minimum absolute atomic E-state index is 0.0214. The van der Waals surface area contributed by atoms with Gasteiger partial charge in [-0.15, -0.1) is 0 Å². The maximum absolute atomic E-state index is 13.9. The van der Waals surface area contributed by atoms with Crippen molar-refractivity contribution in [1.82, 2.24) is 0 Å². The zero-order valence-electron chi connectivity index (χ0n) is 69.1. The van der Waals surface area contributed by atoms with Crippen LogP contribution in [0, 0.1) is 84.6 Å². The van der Waals surface area contributed by atoms with Crippen LogP contribution in [0.25, 0.3) is 0 Å². The predicted molar refractivity (Wildman–Crippen MR) is 417 cm³/mol. The van der Waals surface area contributed by atoms with Crippen LogP contribution < -0.4 is 37.9 Å². The van der Waals surface area contributed by atoms with E-state index >= 15 is 0 Å². The predicted octanol–water partition coefficient (Wildman–Crippen LogP) is 26.6. The highest BCUT2D eigenvalue weighted by Gasteiger charge is 2.61. The van der Waals surface area contributed by atoms with Crippen molar-refractivity contribution in [2.24, 2.45) is 5.92 Å². The van der Waals surface area contributed by atoms with Crippen molar-refractivity contribution < 1.29 is 108 Å². The molecule has 12 unspecified atom stereocenters. The molecule has 0 saturated carbocycles. The average molecular weight is 1640 g/mol. The molecular weight excluding hydrogens is 1540 g/mol. The van der Waals surface area contributed by atoms with Crippen LogP contribution in [-0.4, -0.2) is 66.1 Å². The van der Waals surface area contributed by atoms with Gasteiger partial charge in [-0.05, 0) is 228 Å². The second-order valence-corrected chi connectivity index (χ2v) is 32.5. The summed E-state index contributed by atoms with van der Waals surface area (Å²) in [5.41, 5.74) is 10.9. The van der Waals surface area contributed by atoms with Crippen LogP contribution in [0.4, 0.5) is 70.2 Å². The first-order valence-electron chi connectivity index (χ1n) is 39.0. The van der Waals surface area contributed by atoms with Crippen molar-refractivity contribution in [3.8, 4) is 46.0 Å². The number of benzene rings is 8. The Balaban J connectivity index is 0.000000152. The van der Waals surface area contributed by atoms with Gasteiger partial charge in [0.2, 0.25) is 5.85 Å². The van der Waals surface area contributed by atoms with Gasteiger partial charge in [0.15, 0.2) is 58.5 Å². The van der Waals surface area contributed by atoms with E-state index in [1.165, 1.54) is 101 Å². The molecule has 0 aromatic heterocycles. The Labute approximate surface area is 669 Å². The molecule has 0 radical (unpaired) electrons. The molecular formula is C92H104F16O8. The molecule has 8 aromatic carbocycles. The molecule has 16 rings (SSSR count). The van der Waals surface area contributed by atoms with Gasteiger partial charge in [-0.3, -0.25) is 0 Å². The molecule has 0 amide bonds. The molecule has 0 spiro atoms. The Morgan fingerprint density at radius 2 is 0.819 bits per heavy atom. The Kier molecular flexibility index (Phi) is 27.7. The third-order valence-corrected chi connectivity index (χ3v) is 21.8. The van der Waals surface area contributed by atoms with Crippen molar-refractivity contribution in [2.75, 3.05) is 0 Å². The van der Waals surface area contributed by atoms with Crippen LogP contribution in [0.3, 0.4) is 0 Å².